The summed E-state index contributed by atoms with van der Waals surface area (Å²) in [6, 6.07) is 3.85. The van der Waals surface area contributed by atoms with Gasteiger partial charge in [0.15, 0.2) is 5.82 Å². The van der Waals surface area contributed by atoms with Crippen LogP contribution in [0.1, 0.15) is 25.8 Å². The summed E-state index contributed by atoms with van der Waals surface area (Å²) in [5.74, 6) is 1.09. The molecule has 1 aliphatic heterocycles. The average Bonchev–Trinajstić information content (AvgIpc) is 2.48. The lowest BCUT2D eigenvalue weighted by Gasteiger charge is -2.26. The van der Waals surface area contributed by atoms with Gasteiger partial charge in [0.2, 0.25) is 0 Å². The van der Waals surface area contributed by atoms with Crippen molar-refractivity contribution in [1.82, 2.24) is 9.88 Å². The molecule has 21 heavy (non-hydrogen) atoms. The van der Waals surface area contributed by atoms with Gasteiger partial charge in [0.1, 0.15) is 0 Å². The molecule has 2 heterocycles. The van der Waals surface area contributed by atoms with E-state index < -0.39 is 0 Å². The highest BCUT2D eigenvalue weighted by molar-refractivity contribution is 5.83. The predicted molar refractivity (Wildman–Crippen MR) is 82.4 cm³/mol. The zero-order valence-electron chi connectivity index (χ0n) is 12.4. The summed E-state index contributed by atoms with van der Waals surface area (Å²) >= 11 is 0. The first-order chi connectivity index (χ1) is 10.1. The SMILES string of the molecule is CCOC(=O)N1CC=C(c2cccnc2N=C(C)N)CC1. The molecular formula is C15H20N4O2. The molecule has 0 fully saturated rings. The minimum atomic E-state index is -0.268. The number of pyridine rings is 1. The molecule has 0 atom stereocenters. The summed E-state index contributed by atoms with van der Waals surface area (Å²) in [7, 11) is 0. The first kappa shape index (κ1) is 15.0. The molecule has 112 valence electrons. The second-order valence-electron chi connectivity index (χ2n) is 4.75. The first-order valence-corrected chi connectivity index (χ1v) is 6.98. The van der Waals surface area contributed by atoms with E-state index in [4.69, 9.17) is 10.5 Å². The zero-order chi connectivity index (χ0) is 15.2. The smallest absolute Gasteiger partial charge is 0.410 e. The van der Waals surface area contributed by atoms with Gasteiger partial charge in [-0.2, -0.15) is 0 Å². The van der Waals surface area contributed by atoms with Crippen LogP contribution in [0.4, 0.5) is 10.6 Å². The third kappa shape index (κ3) is 3.81. The van der Waals surface area contributed by atoms with Crippen LogP contribution in [0.2, 0.25) is 0 Å². The predicted octanol–water partition coefficient (Wildman–Crippen LogP) is 2.34. The van der Waals surface area contributed by atoms with E-state index in [2.05, 4.69) is 9.98 Å². The van der Waals surface area contributed by atoms with Gasteiger partial charge in [-0.15, -0.1) is 0 Å². The maximum atomic E-state index is 11.7. The number of aliphatic imine (C=N–C) groups is 1. The van der Waals surface area contributed by atoms with Crippen molar-refractivity contribution in [2.24, 2.45) is 10.7 Å². The van der Waals surface area contributed by atoms with Crippen molar-refractivity contribution in [3.05, 3.63) is 30.0 Å². The number of nitrogens with two attached hydrogens (primary N) is 1. The Morgan fingerprint density at radius 2 is 2.38 bits per heavy atom. The summed E-state index contributed by atoms with van der Waals surface area (Å²) in [5.41, 5.74) is 7.73. The number of hydrogen-bond acceptors (Lipinski definition) is 4. The second-order valence-corrected chi connectivity index (χ2v) is 4.75. The Kier molecular flexibility index (Phi) is 4.92. The van der Waals surface area contributed by atoms with Crippen LogP contribution in [-0.2, 0) is 4.74 Å². The molecule has 0 saturated heterocycles. The van der Waals surface area contributed by atoms with Gasteiger partial charge in [-0.25, -0.2) is 14.8 Å². The zero-order valence-corrected chi connectivity index (χ0v) is 12.4. The van der Waals surface area contributed by atoms with E-state index in [0.29, 0.717) is 31.3 Å². The number of amidine groups is 1. The van der Waals surface area contributed by atoms with E-state index in [9.17, 15) is 4.79 Å². The fourth-order valence-corrected chi connectivity index (χ4v) is 2.20. The summed E-state index contributed by atoms with van der Waals surface area (Å²) in [4.78, 5) is 21.9. The molecule has 0 radical (unpaired) electrons. The van der Waals surface area contributed by atoms with Crippen molar-refractivity contribution in [2.45, 2.75) is 20.3 Å². The third-order valence-corrected chi connectivity index (χ3v) is 3.15. The lowest BCUT2D eigenvalue weighted by Crippen LogP contribution is -2.35. The van der Waals surface area contributed by atoms with E-state index in [0.717, 1.165) is 17.6 Å². The van der Waals surface area contributed by atoms with Crippen LogP contribution in [0.3, 0.4) is 0 Å². The van der Waals surface area contributed by atoms with E-state index in [-0.39, 0.29) is 6.09 Å². The Balaban J connectivity index is 2.18. The second kappa shape index (κ2) is 6.88. The van der Waals surface area contributed by atoms with Crippen LogP contribution >= 0.6 is 0 Å². The number of carbonyl (C=O) groups is 1. The number of amides is 1. The monoisotopic (exact) mass is 288 g/mol. The lowest BCUT2D eigenvalue weighted by atomic mass is 10.0. The molecule has 0 aromatic carbocycles. The molecule has 2 rings (SSSR count). The fraction of sp³-hybridized carbons (Fsp3) is 0.400. The Morgan fingerprint density at radius 3 is 3.00 bits per heavy atom. The summed E-state index contributed by atoms with van der Waals surface area (Å²) < 4.78 is 5.01. The van der Waals surface area contributed by atoms with Gasteiger partial charge >= 0.3 is 6.09 Å². The van der Waals surface area contributed by atoms with Crippen LogP contribution in [0, 0.1) is 0 Å². The van der Waals surface area contributed by atoms with Crippen molar-refractivity contribution < 1.29 is 9.53 Å². The highest BCUT2D eigenvalue weighted by Crippen LogP contribution is 2.28. The molecule has 6 heteroatoms. The molecule has 0 spiro atoms. The topological polar surface area (TPSA) is 80.8 Å². The minimum absolute atomic E-state index is 0.268. The van der Waals surface area contributed by atoms with Gasteiger partial charge in [0.05, 0.1) is 12.4 Å². The highest BCUT2D eigenvalue weighted by Gasteiger charge is 2.20. The van der Waals surface area contributed by atoms with Gasteiger partial charge < -0.3 is 15.4 Å². The Labute approximate surface area is 124 Å². The molecule has 0 aliphatic carbocycles. The molecule has 0 unspecified atom stereocenters. The largest absolute Gasteiger partial charge is 0.450 e. The van der Waals surface area contributed by atoms with Crippen LogP contribution in [0.15, 0.2) is 29.4 Å². The van der Waals surface area contributed by atoms with Gasteiger partial charge in [0.25, 0.3) is 0 Å². The van der Waals surface area contributed by atoms with Crippen molar-refractivity contribution in [1.29, 1.82) is 0 Å². The molecule has 1 aromatic heterocycles. The molecule has 0 saturated carbocycles. The summed E-state index contributed by atoms with van der Waals surface area (Å²) in [6.45, 7) is 5.09. The molecule has 1 aromatic rings. The normalized spacial score (nSPS) is 15.6. The Bertz CT molecular complexity index is 577. The Hall–Kier alpha value is -2.37. The summed E-state index contributed by atoms with van der Waals surface area (Å²) in [5, 5.41) is 0. The average molecular weight is 288 g/mol. The molecular weight excluding hydrogens is 268 g/mol. The minimum Gasteiger partial charge on any atom is -0.450 e. The molecule has 2 N–H and O–H groups in total. The lowest BCUT2D eigenvalue weighted by molar-refractivity contribution is 0.111. The molecule has 6 nitrogen and oxygen atoms in total. The van der Waals surface area contributed by atoms with E-state index in [1.54, 1.807) is 24.9 Å². The van der Waals surface area contributed by atoms with E-state index in [1.807, 2.05) is 18.2 Å². The van der Waals surface area contributed by atoms with Crippen LogP contribution < -0.4 is 5.73 Å². The number of rotatable bonds is 3. The fourth-order valence-electron chi connectivity index (χ4n) is 2.20. The van der Waals surface area contributed by atoms with E-state index >= 15 is 0 Å². The third-order valence-electron chi connectivity index (χ3n) is 3.15. The highest BCUT2D eigenvalue weighted by atomic mass is 16.6. The summed E-state index contributed by atoms with van der Waals surface area (Å²) in [6.07, 6.45) is 4.19. The standard InChI is InChI=1S/C15H20N4O2/c1-3-21-15(20)19-9-6-12(7-10-19)13-5-4-8-17-14(13)18-11(2)16/h4-6,8H,3,7,9-10H2,1-2H3,(H2,16,17,18). The number of ether oxygens (including phenoxy) is 1. The van der Waals surface area contributed by atoms with Crippen molar-refractivity contribution in [3.8, 4) is 0 Å². The van der Waals surface area contributed by atoms with Gasteiger partial charge in [-0.3, -0.25) is 0 Å². The molecule has 1 amide bonds. The Morgan fingerprint density at radius 1 is 1.57 bits per heavy atom. The van der Waals surface area contributed by atoms with Crippen molar-refractivity contribution in [3.63, 3.8) is 0 Å². The quantitative estimate of drug-likeness (QED) is 0.683. The number of carbonyl (C=O) groups excluding carboxylic acids is 1. The van der Waals surface area contributed by atoms with Crippen molar-refractivity contribution >= 4 is 23.3 Å². The van der Waals surface area contributed by atoms with Crippen LogP contribution in [0.25, 0.3) is 5.57 Å². The molecule has 1 aliphatic rings. The number of hydrogen-bond donors (Lipinski definition) is 1. The van der Waals surface area contributed by atoms with Crippen LogP contribution in [0.5, 0.6) is 0 Å². The van der Waals surface area contributed by atoms with Crippen LogP contribution in [-0.4, -0.2) is 41.5 Å². The van der Waals surface area contributed by atoms with Crippen molar-refractivity contribution in [2.75, 3.05) is 19.7 Å². The number of nitrogens with zero attached hydrogens (tertiary/aromatic N) is 3. The maximum absolute atomic E-state index is 11.7. The van der Waals surface area contributed by atoms with Gasteiger partial charge in [0, 0.05) is 24.8 Å². The first-order valence-electron chi connectivity index (χ1n) is 6.98. The maximum Gasteiger partial charge on any atom is 0.410 e. The van der Waals surface area contributed by atoms with E-state index in [1.165, 1.54) is 0 Å². The number of aromatic nitrogens is 1. The molecule has 0 bridgehead atoms. The van der Waals surface area contributed by atoms with Gasteiger partial charge in [-0.1, -0.05) is 6.08 Å². The van der Waals surface area contributed by atoms with Gasteiger partial charge in [-0.05, 0) is 38.0 Å².